The van der Waals surface area contributed by atoms with Crippen LogP contribution in [0.2, 0.25) is 5.02 Å². The minimum atomic E-state index is -4.54. The molecule has 3 rings (SSSR count). The molecule has 8 heteroatoms. The first-order valence-electron chi connectivity index (χ1n) is 8.45. The number of fused-ring (bicyclic) bond motifs is 1. The van der Waals surface area contributed by atoms with Crippen LogP contribution in [0.15, 0.2) is 18.2 Å². The Balaban J connectivity index is 1.78. The highest BCUT2D eigenvalue weighted by Crippen LogP contribution is 2.40. The largest absolute Gasteiger partial charge is 0.416 e. The minimum Gasteiger partial charge on any atom is -0.345 e. The number of amides is 2. The van der Waals surface area contributed by atoms with E-state index in [4.69, 9.17) is 11.6 Å². The number of benzene rings is 1. The molecule has 2 aliphatic rings. The van der Waals surface area contributed by atoms with E-state index in [0.29, 0.717) is 25.3 Å². The van der Waals surface area contributed by atoms with E-state index < -0.39 is 17.6 Å². The Kier molecular flexibility index (Phi) is 4.94. The summed E-state index contributed by atoms with van der Waals surface area (Å²) in [5.41, 5.74) is -1.04. The van der Waals surface area contributed by atoms with Gasteiger partial charge >= 0.3 is 6.18 Å². The van der Waals surface area contributed by atoms with E-state index in [2.05, 4.69) is 0 Å². The number of alkyl halides is 3. The summed E-state index contributed by atoms with van der Waals surface area (Å²) in [6.45, 7) is 0.659. The zero-order valence-corrected chi connectivity index (χ0v) is 15.3. The highest BCUT2D eigenvalue weighted by Gasteiger charge is 2.42. The SMILES string of the molecule is CN1C[C@H]2C[C@@H](N(C)C(=O)c3cc(C(F)(F)F)ccc3Cl)C[C@H]2CC1=O. The molecule has 142 valence electrons. The van der Waals surface area contributed by atoms with Gasteiger partial charge in [0.1, 0.15) is 0 Å². The zero-order chi connectivity index (χ0) is 19.2. The topological polar surface area (TPSA) is 40.6 Å². The molecule has 1 aromatic rings. The normalized spacial score (nSPS) is 26.0. The van der Waals surface area contributed by atoms with Gasteiger partial charge in [-0.3, -0.25) is 9.59 Å². The summed E-state index contributed by atoms with van der Waals surface area (Å²) >= 11 is 5.99. The Morgan fingerprint density at radius 3 is 2.58 bits per heavy atom. The monoisotopic (exact) mass is 388 g/mol. The Morgan fingerprint density at radius 1 is 1.27 bits per heavy atom. The predicted octanol–water partition coefficient (Wildman–Crippen LogP) is 3.69. The van der Waals surface area contributed by atoms with Gasteiger partial charge in [0.05, 0.1) is 16.1 Å². The molecule has 26 heavy (non-hydrogen) atoms. The van der Waals surface area contributed by atoms with Crippen LogP contribution in [0.25, 0.3) is 0 Å². The second-order valence-corrected chi connectivity index (χ2v) is 7.64. The van der Waals surface area contributed by atoms with Crippen molar-refractivity contribution < 1.29 is 22.8 Å². The summed E-state index contributed by atoms with van der Waals surface area (Å²) in [7, 11) is 3.36. The van der Waals surface area contributed by atoms with Gasteiger partial charge in [-0.25, -0.2) is 0 Å². The van der Waals surface area contributed by atoms with E-state index in [1.165, 1.54) is 4.90 Å². The highest BCUT2D eigenvalue weighted by molar-refractivity contribution is 6.33. The van der Waals surface area contributed by atoms with Crippen LogP contribution < -0.4 is 0 Å². The van der Waals surface area contributed by atoms with Crippen molar-refractivity contribution in [1.82, 2.24) is 9.80 Å². The predicted molar refractivity (Wildman–Crippen MR) is 90.8 cm³/mol. The molecule has 2 fully saturated rings. The van der Waals surface area contributed by atoms with Gasteiger partial charge in [0.25, 0.3) is 5.91 Å². The molecule has 2 amide bonds. The Bertz CT molecular complexity index is 738. The maximum absolute atomic E-state index is 12.9. The summed E-state index contributed by atoms with van der Waals surface area (Å²) in [5.74, 6) is 0.108. The second kappa shape index (κ2) is 6.76. The molecule has 0 N–H and O–H groups in total. The van der Waals surface area contributed by atoms with Gasteiger partial charge in [-0.1, -0.05) is 11.6 Å². The number of piperidine rings is 1. The number of carbonyl (C=O) groups is 2. The van der Waals surface area contributed by atoms with Crippen LogP contribution in [0.1, 0.15) is 35.2 Å². The van der Waals surface area contributed by atoms with Crippen LogP contribution in [0.4, 0.5) is 13.2 Å². The van der Waals surface area contributed by atoms with Gasteiger partial charge in [0.15, 0.2) is 0 Å². The fourth-order valence-electron chi connectivity index (χ4n) is 4.02. The average Bonchev–Trinajstić information content (AvgIpc) is 2.96. The molecule has 3 atom stereocenters. The fraction of sp³-hybridized carbons (Fsp3) is 0.556. The first-order valence-corrected chi connectivity index (χ1v) is 8.83. The number of carbonyl (C=O) groups excluding carboxylic acids is 2. The first-order chi connectivity index (χ1) is 12.1. The molecule has 0 unspecified atom stereocenters. The number of hydrogen-bond acceptors (Lipinski definition) is 2. The Labute approximate surface area is 154 Å². The van der Waals surface area contributed by atoms with Crippen LogP contribution in [0.3, 0.4) is 0 Å². The van der Waals surface area contributed by atoms with E-state index in [9.17, 15) is 22.8 Å². The van der Waals surface area contributed by atoms with E-state index in [1.807, 2.05) is 0 Å². The van der Waals surface area contributed by atoms with Crippen molar-refractivity contribution >= 4 is 23.4 Å². The van der Waals surface area contributed by atoms with Gasteiger partial charge in [0.2, 0.25) is 5.91 Å². The lowest BCUT2D eigenvalue weighted by atomic mass is 9.88. The van der Waals surface area contributed by atoms with Gasteiger partial charge in [-0.05, 0) is 42.9 Å². The Hall–Kier alpha value is -1.76. The maximum atomic E-state index is 12.9. The summed E-state index contributed by atoms with van der Waals surface area (Å²) in [6, 6.07) is 2.67. The van der Waals surface area contributed by atoms with Crippen molar-refractivity contribution in [3.05, 3.63) is 34.3 Å². The first kappa shape index (κ1) is 19.0. The van der Waals surface area contributed by atoms with Crippen molar-refractivity contribution in [2.24, 2.45) is 11.8 Å². The van der Waals surface area contributed by atoms with Crippen LogP contribution in [-0.4, -0.2) is 48.3 Å². The molecule has 1 heterocycles. The quantitative estimate of drug-likeness (QED) is 0.775. The summed E-state index contributed by atoms with van der Waals surface area (Å²) in [6.07, 6.45) is -2.65. The van der Waals surface area contributed by atoms with Crippen molar-refractivity contribution in [3.8, 4) is 0 Å². The van der Waals surface area contributed by atoms with E-state index in [-0.39, 0.29) is 28.5 Å². The van der Waals surface area contributed by atoms with Crippen molar-refractivity contribution in [3.63, 3.8) is 0 Å². The lowest BCUT2D eigenvalue weighted by Gasteiger charge is -2.31. The number of nitrogens with zero attached hydrogens (tertiary/aromatic N) is 2. The number of likely N-dealkylation sites (tertiary alicyclic amines) is 1. The summed E-state index contributed by atoms with van der Waals surface area (Å²) in [5, 5.41) is 0.000162. The molecule has 1 aliphatic heterocycles. The lowest BCUT2D eigenvalue weighted by molar-refractivity contribution is -0.137. The summed E-state index contributed by atoms with van der Waals surface area (Å²) in [4.78, 5) is 27.8. The number of hydrogen-bond donors (Lipinski definition) is 0. The van der Waals surface area contributed by atoms with Gasteiger partial charge < -0.3 is 9.80 Å². The fourth-order valence-corrected chi connectivity index (χ4v) is 4.22. The molecule has 0 aromatic heterocycles. The third-order valence-electron chi connectivity index (χ3n) is 5.58. The summed E-state index contributed by atoms with van der Waals surface area (Å²) < 4.78 is 38.8. The van der Waals surface area contributed by atoms with Gasteiger partial charge in [-0.15, -0.1) is 0 Å². The molecule has 0 spiro atoms. The van der Waals surface area contributed by atoms with Crippen LogP contribution in [0.5, 0.6) is 0 Å². The molecule has 1 aromatic carbocycles. The smallest absolute Gasteiger partial charge is 0.345 e. The molecule has 1 saturated heterocycles. The van der Waals surface area contributed by atoms with Crippen LogP contribution in [0, 0.1) is 11.8 Å². The third kappa shape index (κ3) is 3.54. The lowest BCUT2D eigenvalue weighted by Crippen LogP contribution is -2.40. The minimum absolute atomic E-state index is 0.000162. The average molecular weight is 389 g/mol. The number of rotatable bonds is 2. The Morgan fingerprint density at radius 2 is 1.92 bits per heavy atom. The van der Waals surface area contributed by atoms with E-state index >= 15 is 0 Å². The molecular weight excluding hydrogens is 369 g/mol. The number of halogens is 4. The zero-order valence-electron chi connectivity index (χ0n) is 14.5. The van der Waals surface area contributed by atoms with Crippen LogP contribution >= 0.6 is 11.6 Å². The molecule has 0 radical (unpaired) electrons. The molecule has 1 aliphatic carbocycles. The van der Waals surface area contributed by atoms with Gasteiger partial charge in [-0.2, -0.15) is 13.2 Å². The molecule has 1 saturated carbocycles. The molecule has 4 nitrogen and oxygen atoms in total. The van der Waals surface area contributed by atoms with E-state index in [1.54, 1.807) is 19.0 Å². The second-order valence-electron chi connectivity index (χ2n) is 7.23. The van der Waals surface area contributed by atoms with Crippen molar-refractivity contribution in [2.45, 2.75) is 31.5 Å². The van der Waals surface area contributed by atoms with E-state index in [0.717, 1.165) is 24.6 Å². The molecular formula is C18H20ClF3N2O2. The third-order valence-corrected chi connectivity index (χ3v) is 5.91. The standard InChI is InChI=1S/C18H20ClF3N2O2/c1-23-9-11-6-13(5-10(11)7-16(23)25)24(2)17(26)14-8-12(18(20,21)22)3-4-15(14)19/h3-4,8,10-11,13H,5-7,9H2,1-2H3/t10-,11+,13-/m0/s1. The van der Waals surface area contributed by atoms with Crippen molar-refractivity contribution in [1.29, 1.82) is 0 Å². The molecule has 0 bridgehead atoms. The van der Waals surface area contributed by atoms with Gasteiger partial charge in [0, 0.05) is 33.1 Å². The maximum Gasteiger partial charge on any atom is 0.416 e. The van der Waals surface area contributed by atoms with Crippen LogP contribution in [-0.2, 0) is 11.0 Å². The van der Waals surface area contributed by atoms with Crippen molar-refractivity contribution in [2.75, 3.05) is 20.6 Å². The highest BCUT2D eigenvalue weighted by atomic mass is 35.5.